The van der Waals surface area contributed by atoms with Gasteiger partial charge in [-0.25, -0.2) is 9.78 Å². The van der Waals surface area contributed by atoms with Gasteiger partial charge in [-0.05, 0) is 19.1 Å². The lowest BCUT2D eigenvalue weighted by molar-refractivity contribution is -0.129. The summed E-state index contributed by atoms with van der Waals surface area (Å²) in [4.78, 5) is 27.8. The number of nitrogens with two attached hydrogens (primary N) is 1. The van der Waals surface area contributed by atoms with Crippen LogP contribution in [0.5, 0.6) is 0 Å². The second-order valence-electron chi connectivity index (χ2n) is 4.64. The Morgan fingerprint density at radius 1 is 1.38 bits per heavy atom. The van der Waals surface area contributed by atoms with E-state index in [4.69, 9.17) is 49.7 Å². The second kappa shape index (κ2) is 7.74. The first-order chi connectivity index (χ1) is 11.3. The number of anilines is 1. The predicted octanol–water partition coefficient (Wildman–Crippen LogP) is 3.08. The molecule has 128 valence electrons. The van der Waals surface area contributed by atoms with Gasteiger partial charge in [0.05, 0.1) is 23.5 Å². The Morgan fingerprint density at radius 2 is 2.08 bits per heavy atom. The van der Waals surface area contributed by atoms with Crippen molar-refractivity contribution in [1.82, 2.24) is 10.3 Å². The third kappa shape index (κ3) is 4.11. The molecule has 0 aliphatic heterocycles. The van der Waals surface area contributed by atoms with Gasteiger partial charge in [0, 0.05) is 0 Å². The van der Waals surface area contributed by atoms with Crippen LogP contribution in [0.15, 0.2) is 22.8 Å². The van der Waals surface area contributed by atoms with Gasteiger partial charge in [0.15, 0.2) is 17.0 Å². The molecule has 0 aromatic carbocycles. The molecular weight excluding hydrogens is 381 g/mol. The van der Waals surface area contributed by atoms with E-state index in [1.807, 2.05) is 0 Å². The largest absolute Gasteiger partial charge is 0.467 e. The van der Waals surface area contributed by atoms with E-state index in [-0.39, 0.29) is 33.1 Å². The van der Waals surface area contributed by atoms with Crippen LogP contribution in [0.3, 0.4) is 0 Å². The van der Waals surface area contributed by atoms with Crippen molar-refractivity contribution >= 4 is 52.4 Å². The first-order valence-electron chi connectivity index (χ1n) is 6.62. The summed E-state index contributed by atoms with van der Waals surface area (Å²) in [7, 11) is 0. The number of hydrogen-bond acceptors (Lipinski definition) is 6. The van der Waals surface area contributed by atoms with E-state index in [2.05, 4.69) is 10.3 Å². The molecule has 1 amide bonds. The zero-order valence-corrected chi connectivity index (χ0v) is 14.6. The molecule has 0 bridgehead atoms. The molecule has 0 radical (unpaired) electrons. The predicted molar refractivity (Wildman–Crippen MR) is 89.1 cm³/mol. The Bertz CT molecular complexity index is 765. The van der Waals surface area contributed by atoms with Crippen LogP contribution in [-0.4, -0.2) is 23.0 Å². The molecule has 2 aromatic heterocycles. The van der Waals surface area contributed by atoms with Gasteiger partial charge < -0.3 is 20.2 Å². The van der Waals surface area contributed by atoms with E-state index in [1.54, 1.807) is 12.1 Å². The third-order valence-electron chi connectivity index (χ3n) is 2.94. The monoisotopic (exact) mass is 391 g/mol. The molecule has 0 aliphatic rings. The molecule has 1 atom stereocenters. The normalized spacial score (nSPS) is 11.8. The molecule has 3 N–H and O–H groups in total. The Balaban J connectivity index is 2.02. The number of nitrogens with zero attached hydrogens (tertiary/aromatic N) is 1. The maximum Gasteiger partial charge on any atom is 0.359 e. The summed E-state index contributed by atoms with van der Waals surface area (Å²) >= 11 is 17.5. The van der Waals surface area contributed by atoms with Gasteiger partial charge in [-0.3, -0.25) is 4.79 Å². The van der Waals surface area contributed by atoms with Crippen LogP contribution in [-0.2, 0) is 16.1 Å². The van der Waals surface area contributed by atoms with Crippen molar-refractivity contribution in [3.63, 3.8) is 0 Å². The molecule has 0 spiro atoms. The topological polar surface area (TPSA) is 107 Å². The Labute approximate surface area is 152 Å². The maximum absolute atomic E-state index is 12.1. The highest BCUT2D eigenvalue weighted by Gasteiger charge is 2.25. The lowest BCUT2D eigenvalue weighted by Crippen LogP contribution is -2.35. The Kier molecular flexibility index (Phi) is 5.93. The number of amides is 1. The average molecular weight is 393 g/mol. The van der Waals surface area contributed by atoms with Crippen molar-refractivity contribution in [1.29, 1.82) is 0 Å². The Morgan fingerprint density at radius 3 is 2.71 bits per heavy atom. The van der Waals surface area contributed by atoms with Crippen LogP contribution < -0.4 is 11.1 Å². The van der Waals surface area contributed by atoms with Crippen molar-refractivity contribution in [3.05, 3.63) is 45.0 Å². The number of carbonyl (C=O) groups is 2. The number of hydrogen-bond donors (Lipinski definition) is 2. The fourth-order valence-electron chi connectivity index (χ4n) is 1.67. The fraction of sp³-hybridized carbons (Fsp3) is 0.214. The zero-order chi connectivity index (χ0) is 17.9. The molecule has 2 rings (SSSR count). The minimum Gasteiger partial charge on any atom is -0.467 e. The number of aromatic nitrogens is 1. The summed E-state index contributed by atoms with van der Waals surface area (Å²) in [5.41, 5.74) is 5.21. The number of halogens is 3. The van der Waals surface area contributed by atoms with Crippen molar-refractivity contribution in [2.24, 2.45) is 0 Å². The van der Waals surface area contributed by atoms with Crippen molar-refractivity contribution in [2.45, 2.75) is 19.6 Å². The maximum atomic E-state index is 12.1. The van der Waals surface area contributed by atoms with E-state index in [0.29, 0.717) is 5.76 Å². The molecule has 0 saturated carbocycles. The molecule has 7 nitrogen and oxygen atoms in total. The number of furan rings is 1. The quantitative estimate of drug-likeness (QED) is 0.598. The molecule has 24 heavy (non-hydrogen) atoms. The third-order valence-corrected chi connectivity index (χ3v) is 4.07. The minimum absolute atomic E-state index is 0.0672. The summed E-state index contributed by atoms with van der Waals surface area (Å²) in [6.45, 7) is 1.55. The molecular formula is C14H12Cl3N3O4. The van der Waals surface area contributed by atoms with Crippen LogP contribution in [0, 0.1) is 0 Å². The molecule has 0 saturated heterocycles. The van der Waals surface area contributed by atoms with Gasteiger partial charge >= 0.3 is 5.97 Å². The van der Waals surface area contributed by atoms with Gasteiger partial charge in [-0.15, -0.1) is 0 Å². The number of ether oxygens (including phenoxy) is 1. The number of nitrogens with one attached hydrogen (secondary N) is 1. The number of nitrogen functional groups attached to an aromatic ring is 1. The summed E-state index contributed by atoms with van der Waals surface area (Å²) in [6.07, 6.45) is 0.383. The van der Waals surface area contributed by atoms with E-state index < -0.39 is 18.0 Å². The van der Waals surface area contributed by atoms with Crippen LogP contribution in [0.4, 0.5) is 5.69 Å². The number of rotatable bonds is 5. The molecule has 0 aliphatic carbocycles. The van der Waals surface area contributed by atoms with Gasteiger partial charge in [0.25, 0.3) is 5.91 Å². The molecule has 2 heterocycles. The van der Waals surface area contributed by atoms with E-state index >= 15 is 0 Å². The lowest BCUT2D eigenvalue weighted by atomic mass is 10.3. The first kappa shape index (κ1) is 18.4. The van der Waals surface area contributed by atoms with Crippen LogP contribution >= 0.6 is 34.8 Å². The van der Waals surface area contributed by atoms with Gasteiger partial charge in [-0.1, -0.05) is 34.8 Å². The van der Waals surface area contributed by atoms with E-state index in [1.165, 1.54) is 13.2 Å². The smallest absolute Gasteiger partial charge is 0.359 e. The number of pyridine rings is 1. The molecule has 2 aromatic rings. The lowest BCUT2D eigenvalue weighted by Gasteiger charge is -2.14. The van der Waals surface area contributed by atoms with Gasteiger partial charge in [0.2, 0.25) is 0 Å². The average Bonchev–Trinajstić information content (AvgIpc) is 3.07. The Hall–Kier alpha value is -1.96. The highest BCUT2D eigenvalue weighted by Crippen LogP contribution is 2.34. The van der Waals surface area contributed by atoms with Crippen molar-refractivity contribution < 1.29 is 18.7 Å². The van der Waals surface area contributed by atoms with Gasteiger partial charge in [0.1, 0.15) is 10.8 Å². The zero-order valence-electron chi connectivity index (χ0n) is 12.3. The minimum atomic E-state index is -1.10. The summed E-state index contributed by atoms with van der Waals surface area (Å²) in [6, 6.07) is 3.38. The second-order valence-corrected chi connectivity index (χ2v) is 5.75. The highest BCUT2D eigenvalue weighted by molar-refractivity contribution is 6.46. The number of carbonyl (C=O) groups excluding carboxylic acids is 2. The van der Waals surface area contributed by atoms with Crippen LogP contribution in [0.25, 0.3) is 0 Å². The van der Waals surface area contributed by atoms with E-state index in [9.17, 15) is 9.59 Å². The summed E-state index contributed by atoms with van der Waals surface area (Å²) in [5.74, 6) is -0.918. The summed E-state index contributed by atoms with van der Waals surface area (Å²) in [5, 5.41) is 2.10. The van der Waals surface area contributed by atoms with Crippen molar-refractivity contribution in [2.75, 3.05) is 5.73 Å². The molecule has 0 unspecified atom stereocenters. The highest BCUT2D eigenvalue weighted by atomic mass is 35.5. The number of esters is 1. The summed E-state index contributed by atoms with van der Waals surface area (Å²) < 4.78 is 10.1. The van der Waals surface area contributed by atoms with Gasteiger partial charge in [-0.2, -0.15) is 0 Å². The standard InChI is InChI=1S/C14H12Cl3N3O4/c1-6(13(21)19-5-7-3-2-4-23-7)24-14(22)11-8(15)10(18)9(16)12(17)20-11/h2-4,6H,5H2,1H3,(H2,18,20)(H,19,21)/t6-/m0/s1. The fourth-order valence-corrected chi connectivity index (χ4v) is 2.25. The molecule has 10 heteroatoms. The first-order valence-corrected chi connectivity index (χ1v) is 7.75. The van der Waals surface area contributed by atoms with Crippen LogP contribution in [0.1, 0.15) is 23.2 Å². The SMILES string of the molecule is C[C@H](OC(=O)c1nc(Cl)c(Cl)c(N)c1Cl)C(=O)NCc1ccco1. The molecule has 0 fully saturated rings. The van der Waals surface area contributed by atoms with E-state index in [0.717, 1.165) is 0 Å². The van der Waals surface area contributed by atoms with Crippen molar-refractivity contribution in [3.8, 4) is 0 Å². The van der Waals surface area contributed by atoms with Crippen LogP contribution in [0.2, 0.25) is 15.2 Å².